The van der Waals surface area contributed by atoms with Gasteiger partial charge in [-0.1, -0.05) is 0 Å². The molecule has 108 valence electrons. The average Bonchev–Trinajstić information content (AvgIpc) is 2.50. The number of carbonyl (C=O) groups excluding carboxylic acids is 2. The first-order valence-electron chi connectivity index (χ1n) is 6.10. The van der Waals surface area contributed by atoms with Crippen LogP contribution in [0.3, 0.4) is 0 Å². The fourth-order valence-corrected chi connectivity index (χ4v) is 1.94. The number of halogens is 2. The second-order valence-corrected chi connectivity index (χ2v) is 5.09. The largest absolute Gasteiger partial charge is 0.355 e. The van der Waals surface area contributed by atoms with Crippen molar-refractivity contribution in [1.82, 2.24) is 5.32 Å². The molecule has 2 rings (SSSR count). The molecule has 2 aromatic rings. The SMILES string of the molecule is CNC(=O)c1ccc(NC(=O)c2ccc(Br)c(F)c2)cc1. The Balaban J connectivity index is 2.12. The van der Waals surface area contributed by atoms with E-state index in [-0.39, 0.29) is 11.5 Å². The first-order chi connectivity index (χ1) is 10.0. The highest BCUT2D eigenvalue weighted by molar-refractivity contribution is 9.10. The molecule has 4 nitrogen and oxygen atoms in total. The zero-order valence-corrected chi connectivity index (χ0v) is 12.7. The molecule has 2 N–H and O–H groups in total. The third-order valence-electron chi connectivity index (χ3n) is 2.81. The molecule has 0 saturated heterocycles. The summed E-state index contributed by atoms with van der Waals surface area (Å²) in [6, 6.07) is 10.5. The van der Waals surface area contributed by atoms with E-state index in [0.717, 1.165) is 6.07 Å². The number of hydrogen-bond donors (Lipinski definition) is 2. The second-order valence-electron chi connectivity index (χ2n) is 4.24. The van der Waals surface area contributed by atoms with E-state index in [0.29, 0.717) is 15.7 Å². The lowest BCUT2D eigenvalue weighted by molar-refractivity contribution is 0.0962. The Hall–Kier alpha value is -2.21. The van der Waals surface area contributed by atoms with Crippen molar-refractivity contribution in [2.45, 2.75) is 0 Å². The molecule has 2 aromatic carbocycles. The summed E-state index contributed by atoms with van der Waals surface area (Å²) < 4.78 is 13.7. The Morgan fingerprint density at radius 3 is 2.19 bits per heavy atom. The molecule has 0 aliphatic heterocycles. The van der Waals surface area contributed by atoms with Gasteiger partial charge in [0.1, 0.15) is 5.82 Å². The van der Waals surface area contributed by atoms with Crippen LogP contribution in [0.25, 0.3) is 0 Å². The van der Waals surface area contributed by atoms with Gasteiger partial charge < -0.3 is 10.6 Å². The van der Waals surface area contributed by atoms with Gasteiger partial charge in [0.25, 0.3) is 11.8 Å². The minimum Gasteiger partial charge on any atom is -0.355 e. The molecule has 6 heteroatoms. The van der Waals surface area contributed by atoms with Crippen LogP contribution in [0.2, 0.25) is 0 Å². The molecule has 0 aromatic heterocycles. The molecule has 0 bridgehead atoms. The smallest absolute Gasteiger partial charge is 0.255 e. The van der Waals surface area contributed by atoms with E-state index in [1.165, 1.54) is 12.1 Å². The molecule has 2 amide bonds. The Kier molecular flexibility index (Phi) is 4.70. The monoisotopic (exact) mass is 350 g/mol. The van der Waals surface area contributed by atoms with Gasteiger partial charge in [0.2, 0.25) is 0 Å². The lowest BCUT2D eigenvalue weighted by Crippen LogP contribution is -2.17. The Bertz CT molecular complexity index is 687. The number of carbonyl (C=O) groups is 2. The van der Waals surface area contributed by atoms with Crippen LogP contribution in [0, 0.1) is 5.82 Å². The van der Waals surface area contributed by atoms with Crippen LogP contribution in [0.15, 0.2) is 46.9 Å². The molecule has 0 fully saturated rings. The topological polar surface area (TPSA) is 58.2 Å². The van der Waals surface area contributed by atoms with Crippen molar-refractivity contribution in [2.24, 2.45) is 0 Å². The lowest BCUT2D eigenvalue weighted by atomic mass is 10.1. The third kappa shape index (κ3) is 3.66. The van der Waals surface area contributed by atoms with E-state index < -0.39 is 11.7 Å². The van der Waals surface area contributed by atoms with Gasteiger partial charge in [-0.25, -0.2) is 4.39 Å². The van der Waals surface area contributed by atoms with Gasteiger partial charge in [-0.2, -0.15) is 0 Å². The van der Waals surface area contributed by atoms with Gasteiger partial charge in [0, 0.05) is 23.9 Å². The molecule has 0 aliphatic rings. The first-order valence-corrected chi connectivity index (χ1v) is 6.89. The van der Waals surface area contributed by atoms with Gasteiger partial charge >= 0.3 is 0 Å². The second kappa shape index (κ2) is 6.49. The number of amides is 2. The quantitative estimate of drug-likeness (QED) is 0.892. The van der Waals surface area contributed by atoms with Gasteiger partial charge in [0.05, 0.1) is 4.47 Å². The highest BCUT2D eigenvalue weighted by Crippen LogP contribution is 2.17. The van der Waals surface area contributed by atoms with Crippen molar-refractivity contribution in [3.8, 4) is 0 Å². The van der Waals surface area contributed by atoms with Crippen LogP contribution in [0.5, 0.6) is 0 Å². The van der Waals surface area contributed by atoms with E-state index in [1.807, 2.05) is 0 Å². The summed E-state index contributed by atoms with van der Waals surface area (Å²) in [7, 11) is 1.54. The normalized spacial score (nSPS) is 10.0. The summed E-state index contributed by atoms with van der Waals surface area (Å²) in [5.74, 6) is -1.13. The standard InChI is InChI=1S/C15H12BrFN2O2/c1-18-14(20)9-2-5-11(6-3-9)19-15(21)10-4-7-12(16)13(17)8-10/h2-8H,1H3,(H,18,20)(H,19,21). The molecule has 0 radical (unpaired) electrons. The first kappa shape index (κ1) is 15.2. The van der Waals surface area contributed by atoms with Gasteiger partial charge in [0.15, 0.2) is 0 Å². The average molecular weight is 351 g/mol. The zero-order valence-electron chi connectivity index (χ0n) is 11.1. The summed E-state index contributed by atoms with van der Waals surface area (Å²) in [6.07, 6.45) is 0. The number of benzene rings is 2. The Morgan fingerprint density at radius 2 is 1.62 bits per heavy atom. The summed E-state index contributed by atoms with van der Waals surface area (Å²) in [5, 5.41) is 5.14. The molecule has 21 heavy (non-hydrogen) atoms. The zero-order chi connectivity index (χ0) is 15.4. The van der Waals surface area contributed by atoms with Crippen molar-refractivity contribution >= 4 is 33.4 Å². The van der Waals surface area contributed by atoms with Crippen molar-refractivity contribution in [3.63, 3.8) is 0 Å². The summed E-state index contributed by atoms with van der Waals surface area (Å²) in [5.41, 5.74) is 1.23. The summed E-state index contributed by atoms with van der Waals surface area (Å²) in [4.78, 5) is 23.4. The van der Waals surface area contributed by atoms with E-state index >= 15 is 0 Å². The highest BCUT2D eigenvalue weighted by Gasteiger charge is 2.09. The Labute approximate surface area is 129 Å². The molecule has 0 unspecified atom stereocenters. The number of hydrogen-bond acceptors (Lipinski definition) is 2. The minimum absolute atomic E-state index is 0.206. The van der Waals surface area contributed by atoms with Gasteiger partial charge in [-0.3, -0.25) is 9.59 Å². The van der Waals surface area contributed by atoms with Crippen LogP contribution in [0.4, 0.5) is 10.1 Å². The molecular weight excluding hydrogens is 339 g/mol. The van der Waals surface area contributed by atoms with Crippen molar-refractivity contribution in [1.29, 1.82) is 0 Å². The maximum Gasteiger partial charge on any atom is 0.255 e. The van der Waals surface area contributed by atoms with Crippen LogP contribution in [-0.2, 0) is 0 Å². The third-order valence-corrected chi connectivity index (χ3v) is 3.46. The molecule has 0 aliphatic carbocycles. The van der Waals surface area contributed by atoms with Gasteiger partial charge in [-0.05, 0) is 58.4 Å². The maximum atomic E-state index is 13.4. The lowest BCUT2D eigenvalue weighted by Gasteiger charge is -2.07. The van der Waals surface area contributed by atoms with Crippen LogP contribution >= 0.6 is 15.9 Å². The number of anilines is 1. The van der Waals surface area contributed by atoms with Crippen LogP contribution in [0.1, 0.15) is 20.7 Å². The number of nitrogens with one attached hydrogen (secondary N) is 2. The van der Waals surface area contributed by atoms with Crippen molar-refractivity contribution in [2.75, 3.05) is 12.4 Å². The molecular formula is C15H12BrFN2O2. The molecule has 0 saturated carbocycles. The Morgan fingerprint density at radius 1 is 1.00 bits per heavy atom. The van der Waals surface area contributed by atoms with E-state index in [1.54, 1.807) is 31.3 Å². The molecule has 0 heterocycles. The predicted octanol–water partition coefficient (Wildman–Crippen LogP) is 3.20. The summed E-state index contributed by atoms with van der Waals surface area (Å²) >= 11 is 3.03. The maximum absolute atomic E-state index is 13.4. The molecule has 0 spiro atoms. The van der Waals surface area contributed by atoms with Crippen LogP contribution < -0.4 is 10.6 Å². The minimum atomic E-state index is -0.502. The van der Waals surface area contributed by atoms with E-state index in [4.69, 9.17) is 0 Å². The van der Waals surface area contributed by atoms with E-state index in [9.17, 15) is 14.0 Å². The fraction of sp³-hybridized carbons (Fsp3) is 0.0667. The highest BCUT2D eigenvalue weighted by atomic mass is 79.9. The molecule has 0 atom stereocenters. The van der Waals surface area contributed by atoms with Crippen LogP contribution in [-0.4, -0.2) is 18.9 Å². The number of rotatable bonds is 3. The fourth-order valence-electron chi connectivity index (χ4n) is 1.69. The predicted molar refractivity (Wildman–Crippen MR) is 81.9 cm³/mol. The van der Waals surface area contributed by atoms with E-state index in [2.05, 4.69) is 26.6 Å². The van der Waals surface area contributed by atoms with Crippen molar-refractivity contribution < 1.29 is 14.0 Å². The van der Waals surface area contributed by atoms with Crippen molar-refractivity contribution in [3.05, 3.63) is 63.9 Å². The van der Waals surface area contributed by atoms with Gasteiger partial charge in [-0.15, -0.1) is 0 Å². The summed E-state index contributed by atoms with van der Waals surface area (Å²) in [6.45, 7) is 0.